The third-order valence-electron chi connectivity index (χ3n) is 1.10. The highest BCUT2D eigenvalue weighted by Crippen LogP contribution is 2.23. The van der Waals surface area contributed by atoms with Crippen LogP contribution in [0.25, 0.3) is 0 Å². The second-order valence-electron chi connectivity index (χ2n) is 2.51. The van der Waals surface area contributed by atoms with Crippen LogP contribution in [-0.4, -0.2) is 30.4 Å². The summed E-state index contributed by atoms with van der Waals surface area (Å²) < 4.78 is 72.8. The van der Waals surface area contributed by atoms with Gasteiger partial charge in [0.05, 0.1) is 19.4 Å². The first-order chi connectivity index (χ1) is 6.10. The molecule has 1 atom stereocenters. The predicted octanol–water partition coefficient (Wildman–Crippen LogP) is 2.23. The summed E-state index contributed by atoms with van der Waals surface area (Å²) in [5.41, 5.74) is 0. The Bertz CT molecular complexity index is 163. The van der Waals surface area contributed by atoms with Crippen molar-refractivity contribution < 1.29 is 36.2 Å². The topological polar surface area (TPSA) is 29.5 Å². The van der Waals surface area contributed by atoms with E-state index in [9.17, 15) is 26.3 Å². The lowest BCUT2D eigenvalue weighted by atomic mass is 10.4. The molecule has 0 bridgehead atoms. The maximum Gasteiger partial charge on any atom is 0.393 e. The molecule has 0 fully saturated rings. The van der Waals surface area contributed by atoms with Crippen LogP contribution in [-0.2, 0) is 4.74 Å². The molecule has 2 nitrogen and oxygen atoms in total. The minimum absolute atomic E-state index is 0.985. The Kier molecular flexibility index (Phi) is 4.66. The van der Waals surface area contributed by atoms with E-state index in [0.29, 0.717) is 0 Å². The van der Waals surface area contributed by atoms with Gasteiger partial charge in [-0.15, -0.1) is 0 Å². The standard InChI is InChI=1S/C6H8F6O2/c7-5(8,9)1-2-14-4(13)3-6(10,11)12/h4,13H,1-3H2. The van der Waals surface area contributed by atoms with Gasteiger partial charge in [0.15, 0.2) is 6.29 Å². The number of rotatable bonds is 4. The number of alkyl halides is 6. The highest BCUT2D eigenvalue weighted by Gasteiger charge is 2.32. The minimum atomic E-state index is -4.66. The average molecular weight is 226 g/mol. The molecule has 1 unspecified atom stereocenters. The Hall–Kier alpha value is -0.500. The Morgan fingerprint density at radius 3 is 1.86 bits per heavy atom. The van der Waals surface area contributed by atoms with Crippen LogP contribution in [0.4, 0.5) is 26.3 Å². The average Bonchev–Trinajstić information content (AvgIpc) is 1.78. The van der Waals surface area contributed by atoms with Crippen LogP contribution in [0.15, 0.2) is 0 Å². The number of ether oxygens (including phenoxy) is 1. The van der Waals surface area contributed by atoms with Crippen molar-refractivity contribution in [2.45, 2.75) is 31.5 Å². The van der Waals surface area contributed by atoms with E-state index in [1.54, 1.807) is 0 Å². The Balaban J connectivity index is 3.60. The monoisotopic (exact) mass is 226 g/mol. The van der Waals surface area contributed by atoms with Crippen LogP contribution >= 0.6 is 0 Å². The molecule has 0 spiro atoms. The molecule has 0 aliphatic heterocycles. The summed E-state index contributed by atoms with van der Waals surface area (Å²) >= 11 is 0. The third-order valence-corrected chi connectivity index (χ3v) is 1.10. The van der Waals surface area contributed by atoms with Gasteiger partial charge in [-0.25, -0.2) is 0 Å². The van der Waals surface area contributed by atoms with E-state index in [0.717, 1.165) is 0 Å². The van der Waals surface area contributed by atoms with Crippen LogP contribution in [0.3, 0.4) is 0 Å². The molecule has 0 aliphatic rings. The number of hydrogen-bond donors (Lipinski definition) is 1. The molecule has 8 heteroatoms. The van der Waals surface area contributed by atoms with Crippen molar-refractivity contribution in [1.29, 1.82) is 0 Å². The van der Waals surface area contributed by atoms with Gasteiger partial charge in [0.2, 0.25) is 0 Å². The molecule has 0 saturated carbocycles. The first-order valence-corrected chi connectivity index (χ1v) is 3.53. The fourth-order valence-electron chi connectivity index (χ4n) is 0.568. The van der Waals surface area contributed by atoms with Crippen molar-refractivity contribution in [2.24, 2.45) is 0 Å². The second kappa shape index (κ2) is 4.83. The van der Waals surface area contributed by atoms with Crippen LogP contribution in [0.1, 0.15) is 12.8 Å². The van der Waals surface area contributed by atoms with Gasteiger partial charge in [-0.1, -0.05) is 0 Å². The molecule has 0 radical (unpaired) electrons. The molecule has 0 aromatic heterocycles. The van der Waals surface area contributed by atoms with E-state index < -0.39 is 38.1 Å². The van der Waals surface area contributed by atoms with Gasteiger partial charge >= 0.3 is 12.4 Å². The molecule has 1 N–H and O–H groups in total. The highest BCUT2D eigenvalue weighted by atomic mass is 19.4. The summed E-state index contributed by atoms with van der Waals surface area (Å²) in [6, 6.07) is 0. The third kappa shape index (κ3) is 9.59. The molecule has 14 heavy (non-hydrogen) atoms. The fraction of sp³-hybridized carbons (Fsp3) is 1.00. The van der Waals surface area contributed by atoms with Crippen LogP contribution in [0, 0.1) is 0 Å². The van der Waals surface area contributed by atoms with Gasteiger partial charge in [-0.2, -0.15) is 26.3 Å². The zero-order valence-electron chi connectivity index (χ0n) is 6.82. The fourth-order valence-corrected chi connectivity index (χ4v) is 0.568. The Morgan fingerprint density at radius 2 is 1.50 bits per heavy atom. The quantitative estimate of drug-likeness (QED) is 0.588. The summed E-state index contributed by atoms with van der Waals surface area (Å²) in [6.07, 6.45) is -14.5. The lowest BCUT2D eigenvalue weighted by Crippen LogP contribution is -2.24. The van der Waals surface area contributed by atoms with Gasteiger partial charge in [0.25, 0.3) is 0 Å². The van der Waals surface area contributed by atoms with Crippen molar-refractivity contribution in [1.82, 2.24) is 0 Å². The summed E-state index contributed by atoms with van der Waals surface area (Å²) in [6.45, 7) is -0.985. The number of aliphatic hydroxyl groups excluding tert-OH is 1. The van der Waals surface area contributed by atoms with E-state index >= 15 is 0 Å². The molecule has 86 valence electrons. The number of halogens is 6. The largest absolute Gasteiger partial charge is 0.393 e. The molecular weight excluding hydrogens is 218 g/mol. The van der Waals surface area contributed by atoms with E-state index in [-0.39, 0.29) is 0 Å². The zero-order chi connectivity index (χ0) is 11.4. The number of hydrogen-bond acceptors (Lipinski definition) is 2. The first kappa shape index (κ1) is 13.5. The molecule has 0 saturated heterocycles. The van der Waals surface area contributed by atoms with Crippen molar-refractivity contribution >= 4 is 0 Å². The maximum atomic E-state index is 11.5. The van der Waals surface area contributed by atoms with Gasteiger partial charge < -0.3 is 9.84 Å². The zero-order valence-corrected chi connectivity index (χ0v) is 6.82. The summed E-state index contributed by atoms with van der Waals surface area (Å²) in [4.78, 5) is 0. The summed E-state index contributed by atoms with van der Waals surface area (Å²) in [5, 5.41) is 8.47. The summed E-state index contributed by atoms with van der Waals surface area (Å²) in [5.74, 6) is 0. The molecular formula is C6H8F6O2. The van der Waals surface area contributed by atoms with Crippen molar-refractivity contribution in [3.8, 4) is 0 Å². The highest BCUT2D eigenvalue weighted by molar-refractivity contribution is 4.54. The van der Waals surface area contributed by atoms with Gasteiger partial charge in [-0.05, 0) is 0 Å². The van der Waals surface area contributed by atoms with Crippen molar-refractivity contribution in [3.63, 3.8) is 0 Å². The molecule has 0 rings (SSSR count). The van der Waals surface area contributed by atoms with E-state index in [1.807, 2.05) is 0 Å². The van der Waals surface area contributed by atoms with Crippen LogP contribution < -0.4 is 0 Å². The van der Waals surface area contributed by atoms with Crippen LogP contribution in [0.5, 0.6) is 0 Å². The van der Waals surface area contributed by atoms with E-state index in [4.69, 9.17) is 5.11 Å². The minimum Gasteiger partial charge on any atom is -0.368 e. The summed E-state index contributed by atoms with van der Waals surface area (Å²) in [7, 11) is 0. The van der Waals surface area contributed by atoms with Crippen molar-refractivity contribution in [2.75, 3.05) is 6.61 Å². The normalized spacial score (nSPS) is 15.6. The predicted molar refractivity (Wildman–Crippen MR) is 33.3 cm³/mol. The lowest BCUT2D eigenvalue weighted by molar-refractivity contribution is -0.214. The second-order valence-corrected chi connectivity index (χ2v) is 2.51. The Labute approximate surface area is 75.5 Å². The molecule has 0 aromatic carbocycles. The Morgan fingerprint density at radius 1 is 1.00 bits per heavy atom. The molecule has 0 amide bonds. The molecule has 0 aliphatic carbocycles. The smallest absolute Gasteiger partial charge is 0.368 e. The molecule has 0 aromatic rings. The lowest BCUT2D eigenvalue weighted by Gasteiger charge is -2.14. The first-order valence-electron chi connectivity index (χ1n) is 3.53. The van der Waals surface area contributed by atoms with Gasteiger partial charge in [-0.3, -0.25) is 0 Å². The van der Waals surface area contributed by atoms with Gasteiger partial charge in [0.1, 0.15) is 0 Å². The van der Waals surface area contributed by atoms with Gasteiger partial charge in [0, 0.05) is 0 Å². The van der Waals surface area contributed by atoms with Crippen LogP contribution in [0.2, 0.25) is 0 Å². The maximum absolute atomic E-state index is 11.5. The SMILES string of the molecule is OC(CC(F)(F)F)OCCC(F)(F)F. The van der Waals surface area contributed by atoms with Crippen molar-refractivity contribution in [3.05, 3.63) is 0 Å². The number of aliphatic hydroxyl groups is 1. The molecule has 0 heterocycles. The van der Waals surface area contributed by atoms with E-state index in [1.165, 1.54) is 0 Å². The van der Waals surface area contributed by atoms with E-state index in [2.05, 4.69) is 4.74 Å².